The van der Waals surface area contributed by atoms with Crippen molar-refractivity contribution in [2.24, 2.45) is 5.41 Å². The van der Waals surface area contributed by atoms with Gasteiger partial charge < -0.3 is 15.2 Å². The van der Waals surface area contributed by atoms with Crippen LogP contribution in [0.4, 0.5) is 0 Å². The van der Waals surface area contributed by atoms with Crippen LogP contribution in [0.2, 0.25) is 0 Å². The van der Waals surface area contributed by atoms with Crippen LogP contribution in [0.5, 0.6) is 5.75 Å². The normalized spacial score (nSPS) is 12.6. The Morgan fingerprint density at radius 1 is 1.30 bits per heavy atom. The quantitative estimate of drug-likeness (QED) is 0.864. The van der Waals surface area contributed by atoms with Gasteiger partial charge in [0.25, 0.3) is 0 Å². The van der Waals surface area contributed by atoms with Crippen LogP contribution in [-0.2, 0) is 9.59 Å². The number of methoxy groups -OCH3 is 1. The summed E-state index contributed by atoms with van der Waals surface area (Å²) in [5, 5.41) is 12.0. The molecule has 0 aliphatic carbocycles. The molecule has 1 aromatic rings. The molecule has 1 amide bonds. The van der Waals surface area contributed by atoms with Gasteiger partial charge in [-0.1, -0.05) is 39.0 Å². The fourth-order valence-corrected chi connectivity index (χ4v) is 1.74. The lowest BCUT2D eigenvalue weighted by Gasteiger charge is -2.21. The van der Waals surface area contributed by atoms with E-state index in [0.29, 0.717) is 11.3 Å². The Bertz CT molecular complexity index is 491. The number of carboxylic acid groups (broad SMARTS) is 1. The summed E-state index contributed by atoms with van der Waals surface area (Å²) in [5.41, 5.74) is 0.000750. The zero-order valence-corrected chi connectivity index (χ0v) is 12.3. The molecule has 0 saturated carbocycles. The number of nitrogens with one attached hydrogen (secondary N) is 1. The van der Waals surface area contributed by atoms with Crippen LogP contribution in [0.15, 0.2) is 24.3 Å². The molecule has 0 fully saturated rings. The molecule has 0 radical (unpaired) electrons. The molecular weight excluding hydrogens is 258 g/mol. The van der Waals surface area contributed by atoms with Crippen LogP contribution in [-0.4, -0.2) is 30.6 Å². The lowest BCUT2D eigenvalue weighted by atomic mass is 9.94. The van der Waals surface area contributed by atoms with Crippen molar-refractivity contribution >= 4 is 11.9 Å². The number of hydrogen-bond donors (Lipinski definition) is 2. The summed E-state index contributed by atoms with van der Waals surface area (Å²) in [6, 6.07) is 6.92. The SMILES string of the molecule is COc1ccccc1[C@@H](CNC(=O)C(C)(C)C)C(=O)O. The molecule has 110 valence electrons. The zero-order chi connectivity index (χ0) is 15.3. The molecule has 0 spiro atoms. The second-order valence-electron chi connectivity index (χ2n) is 5.59. The second-order valence-corrected chi connectivity index (χ2v) is 5.59. The zero-order valence-electron chi connectivity index (χ0n) is 12.3. The predicted molar refractivity (Wildman–Crippen MR) is 75.8 cm³/mol. The highest BCUT2D eigenvalue weighted by Crippen LogP contribution is 2.26. The lowest BCUT2D eigenvalue weighted by Crippen LogP contribution is -2.38. The van der Waals surface area contributed by atoms with Crippen molar-refractivity contribution in [1.82, 2.24) is 5.32 Å². The summed E-state index contributed by atoms with van der Waals surface area (Å²) in [4.78, 5) is 23.3. The minimum atomic E-state index is -0.997. The van der Waals surface area contributed by atoms with Crippen molar-refractivity contribution in [3.8, 4) is 5.75 Å². The molecule has 5 heteroatoms. The van der Waals surface area contributed by atoms with Crippen molar-refractivity contribution in [3.63, 3.8) is 0 Å². The van der Waals surface area contributed by atoms with E-state index in [0.717, 1.165) is 0 Å². The number of carboxylic acids is 1. The number of aliphatic carboxylic acids is 1. The minimum Gasteiger partial charge on any atom is -0.496 e. The van der Waals surface area contributed by atoms with Gasteiger partial charge in [0.2, 0.25) is 5.91 Å². The first-order valence-corrected chi connectivity index (χ1v) is 6.41. The van der Waals surface area contributed by atoms with E-state index in [4.69, 9.17) is 4.74 Å². The van der Waals surface area contributed by atoms with Crippen molar-refractivity contribution in [1.29, 1.82) is 0 Å². The van der Waals surface area contributed by atoms with Crippen LogP contribution in [0.3, 0.4) is 0 Å². The maximum Gasteiger partial charge on any atom is 0.312 e. The number of hydrogen-bond acceptors (Lipinski definition) is 3. The fraction of sp³-hybridized carbons (Fsp3) is 0.467. The number of ether oxygens (including phenoxy) is 1. The van der Waals surface area contributed by atoms with Gasteiger partial charge in [0.1, 0.15) is 11.7 Å². The van der Waals surface area contributed by atoms with Gasteiger partial charge in [0.15, 0.2) is 0 Å². The van der Waals surface area contributed by atoms with Gasteiger partial charge in [-0.3, -0.25) is 9.59 Å². The molecule has 0 aliphatic heterocycles. The van der Waals surface area contributed by atoms with Crippen LogP contribution < -0.4 is 10.1 Å². The van der Waals surface area contributed by atoms with E-state index in [9.17, 15) is 14.7 Å². The molecule has 1 rings (SSSR count). The maximum absolute atomic E-state index is 11.8. The third-order valence-electron chi connectivity index (χ3n) is 2.96. The summed E-state index contributed by atoms with van der Waals surface area (Å²) < 4.78 is 5.17. The first-order chi connectivity index (χ1) is 9.27. The third-order valence-corrected chi connectivity index (χ3v) is 2.96. The highest BCUT2D eigenvalue weighted by atomic mass is 16.5. The molecule has 0 aromatic heterocycles. The molecule has 1 atom stereocenters. The highest BCUT2D eigenvalue weighted by Gasteiger charge is 2.27. The molecule has 0 saturated heterocycles. The predicted octanol–water partition coefficient (Wildman–Crippen LogP) is 2.03. The number of carbonyl (C=O) groups is 2. The van der Waals surface area contributed by atoms with E-state index in [2.05, 4.69) is 5.32 Å². The number of para-hydroxylation sites is 1. The van der Waals surface area contributed by atoms with E-state index in [1.165, 1.54) is 7.11 Å². The Kier molecular flexibility index (Phi) is 5.13. The Balaban J connectivity index is 2.91. The average molecular weight is 279 g/mol. The van der Waals surface area contributed by atoms with E-state index in [-0.39, 0.29) is 12.5 Å². The number of benzene rings is 1. The van der Waals surface area contributed by atoms with Gasteiger partial charge in [-0.2, -0.15) is 0 Å². The third kappa shape index (κ3) is 3.98. The smallest absolute Gasteiger partial charge is 0.312 e. The summed E-state index contributed by atoms with van der Waals surface area (Å²) in [6.07, 6.45) is 0. The van der Waals surface area contributed by atoms with Crippen LogP contribution >= 0.6 is 0 Å². The molecule has 20 heavy (non-hydrogen) atoms. The molecule has 0 heterocycles. The van der Waals surface area contributed by atoms with Gasteiger partial charge in [-0.25, -0.2) is 0 Å². The van der Waals surface area contributed by atoms with Crippen molar-refractivity contribution in [3.05, 3.63) is 29.8 Å². The summed E-state index contributed by atoms with van der Waals surface area (Å²) in [5.74, 6) is -1.51. The monoisotopic (exact) mass is 279 g/mol. The fourth-order valence-electron chi connectivity index (χ4n) is 1.74. The van der Waals surface area contributed by atoms with Gasteiger partial charge in [-0.15, -0.1) is 0 Å². The lowest BCUT2D eigenvalue weighted by molar-refractivity contribution is -0.139. The minimum absolute atomic E-state index is 0.0335. The average Bonchev–Trinajstić information content (AvgIpc) is 2.37. The van der Waals surface area contributed by atoms with Crippen molar-refractivity contribution in [2.75, 3.05) is 13.7 Å². The Morgan fingerprint density at radius 2 is 1.90 bits per heavy atom. The molecule has 5 nitrogen and oxygen atoms in total. The van der Waals surface area contributed by atoms with Gasteiger partial charge in [-0.05, 0) is 6.07 Å². The van der Waals surface area contributed by atoms with Crippen molar-refractivity contribution in [2.45, 2.75) is 26.7 Å². The largest absolute Gasteiger partial charge is 0.496 e. The Morgan fingerprint density at radius 3 is 2.40 bits per heavy atom. The maximum atomic E-state index is 11.8. The molecule has 0 aliphatic rings. The Hall–Kier alpha value is -2.04. The van der Waals surface area contributed by atoms with Crippen LogP contribution in [0.1, 0.15) is 32.3 Å². The summed E-state index contributed by atoms with van der Waals surface area (Å²) >= 11 is 0. The van der Waals surface area contributed by atoms with Gasteiger partial charge in [0, 0.05) is 17.5 Å². The van der Waals surface area contributed by atoms with E-state index < -0.39 is 17.3 Å². The van der Waals surface area contributed by atoms with Crippen LogP contribution in [0, 0.1) is 5.41 Å². The summed E-state index contributed by atoms with van der Waals surface area (Å²) in [6.45, 7) is 5.37. The molecule has 0 unspecified atom stereocenters. The van der Waals surface area contributed by atoms with E-state index in [1.54, 1.807) is 45.0 Å². The number of amides is 1. The standard InChI is InChI=1S/C15H21NO4/c1-15(2,3)14(19)16-9-11(13(17)18)10-7-5-6-8-12(10)20-4/h5-8,11H,9H2,1-4H3,(H,16,19)(H,17,18)/t11-/m1/s1. The summed E-state index contributed by atoms with van der Waals surface area (Å²) in [7, 11) is 1.49. The van der Waals surface area contributed by atoms with E-state index in [1.807, 2.05) is 0 Å². The van der Waals surface area contributed by atoms with Crippen LogP contribution in [0.25, 0.3) is 0 Å². The van der Waals surface area contributed by atoms with E-state index >= 15 is 0 Å². The molecule has 1 aromatic carbocycles. The Labute approximate surface area is 118 Å². The van der Waals surface area contributed by atoms with Gasteiger partial charge >= 0.3 is 5.97 Å². The van der Waals surface area contributed by atoms with Gasteiger partial charge in [0.05, 0.1) is 7.11 Å². The molecule has 0 bridgehead atoms. The highest BCUT2D eigenvalue weighted by molar-refractivity contribution is 5.83. The second kappa shape index (κ2) is 6.41. The van der Waals surface area contributed by atoms with Crippen molar-refractivity contribution < 1.29 is 19.4 Å². The first-order valence-electron chi connectivity index (χ1n) is 6.41. The number of rotatable bonds is 5. The topological polar surface area (TPSA) is 75.6 Å². The number of carbonyl (C=O) groups excluding carboxylic acids is 1. The molecule has 2 N–H and O–H groups in total. The first kappa shape index (κ1) is 16.0. The molecular formula is C15H21NO4.